The topological polar surface area (TPSA) is 240 Å². The van der Waals surface area contributed by atoms with Crippen LogP contribution < -0.4 is 37.5 Å². The number of nitrogens with one attached hydrogen (secondary N) is 5. The normalized spacial score (nSPS) is 21.2. The molecule has 1 saturated heterocycles. The SMILES string of the molecule is NC(=O)CNC(=O)[C@H](Cc1c[nH]c2ccccc12)NC(=O)[C@@H]1CCCN1C(=O)[C@@H]1COCCCCOc2ccc(cc2)C[C@H](N)C(=O)N[C@@H](Cc2ccccc2)C(=O)N1. The van der Waals surface area contributed by atoms with Crippen LogP contribution in [0.15, 0.2) is 85.1 Å². The van der Waals surface area contributed by atoms with Crippen molar-refractivity contribution in [2.45, 2.75) is 75.2 Å². The van der Waals surface area contributed by atoms with Crippen LogP contribution in [0.1, 0.15) is 42.4 Å². The van der Waals surface area contributed by atoms with E-state index in [1.54, 1.807) is 6.20 Å². The van der Waals surface area contributed by atoms with Gasteiger partial charge in [-0.05, 0) is 67.0 Å². The van der Waals surface area contributed by atoms with E-state index in [4.69, 9.17) is 20.9 Å². The van der Waals surface area contributed by atoms with Gasteiger partial charge in [0.05, 0.1) is 25.8 Å². The van der Waals surface area contributed by atoms with Crippen LogP contribution in [0.4, 0.5) is 0 Å². The van der Waals surface area contributed by atoms with Crippen molar-refractivity contribution in [1.82, 2.24) is 31.2 Å². The van der Waals surface area contributed by atoms with Gasteiger partial charge in [0.25, 0.3) is 0 Å². The molecule has 3 aliphatic rings. The van der Waals surface area contributed by atoms with Gasteiger partial charge < -0.3 is 52.1 Å². The summed E-state index contributed by atoms with van der Waals surface area (Å²) in [6.07, 6.45) is 4.23. The molecule has 3 aromatic carbocycles. The number of carbonyl (C=O) groups is 6. The first-order valence-corrected chi connectivity index (χ1v) is 20.0. The highest BCUT2D eigenvalue weighted by Gasteiger charge is 2.40. The van der Waals surface area contributed by atoms with Crippen molar-refractivity contribution in [2.24, 2.45) is 11.5 Å². The first-order valence-electron chi connectivity index (χ1n) is 20.0. The molecule has 16 heteroatoms. The van der Waals surface area contributed by atoms with E-state index in [-0.39, 0.29) is 39.0 Å². The van der Waals surface area contributed by atoms with Gasteiger partial charge in [0.1, 0.15) is 29.9 Å². The van der Waals surface area contributed by atoms with E-state index in [1.165, 1.54) is 4.90 Å². The molecule has 0 saturated carbocycles. The molecule has 4 aromatic rings. The maximum absolute atomic E-state index is 14.5. The summed E-state index contributed by atoms with van der Waals surface area (Å²) in [6.45, 7) is 0.271. The lowest BCUT2D eigenvalue weighted by molar-refractivity contribution is -0.143. The molecule has 6 amide bonds. The molecule has 16 nitrogen and oxygen atoms in total. The fourth-order valence-electron chi connectivity index (χ4n) is 7.35. The molecule has 59 heavy (non-hydrogen) atoms. The number of aromatic amines is 1. The second-order valence-electron chi connectivity index (χ2n) is 14.9. The number of nitrogens with zero attached hydrogens (tertiary/aromatic N) is 1. The number of benzene rings is 3. The van der Waals surface area contributed by atoms with E-state index in [1.807, 2.05) is 78.9 Å². The van der Waals surface area contributed by atoms with Crippen molar-refractivity contribution >= 4 is 46.3 Å². The van der Waals surface area contributed by atoms with E-state index in [0.29, 0.717) is 38.0 Å². The minimum absolute atomic E-state index is 0.0858. The van der Waals surface area contributed by atoms with E-state index in [9.17, 15) is 28.8 Å². The Bertz CT molecular complexity index is 2090. The first-order chi connectivity index (χ1) is 28.5. The number of para-hydroxylation sites is 1. The number of H-pyrrole nitrogens is 1. The van der Waals surface area contributed by atoms with Crippen LogP contribution in [-0.2, 0) is 52.8 Å². The van der Waals surface area contributed by atoms with Crippen LogP contribution in [0.3, 0.4) is 0 Å². The molecule has 0 unspecified atom stereocenters. The predicted octanol–water partition coefficient (Wildman–Crippen LogP) is 0.759. The van der Waals surface area contributed by atoms with Gasteiger partial charge in [-0.1, -0.05) is 60.7 Å². The number of likely N-dealkylation sites (tertiary alicyclic amines) is 1. The Labute approximate surface area is 342 Å². The highest BCUT2D eigenvalue weighted by molar-refractivity contribution is 5.97. The minimum Gasteiger partial charge on any atom is -0.494 e. The Kier molecular flexibility index (Phi) is 14.7. The molecule has 312 valence electrons. The molecule has 3 aliphatic heterocycles. The van der Waals surface area contributed by atoms with Gasteiger partial charge in [-0.3, -0.25) is 28.8 Å². The highest BCUT2D eigenvalue weighted by atomic mass is 16.5. The van der Waals surface area contributed by atoms with E-state index in [0.717, 1.165) is 27.6 Å². The van der Waals surface area contributed by atoms with Gasteiger partial charge in [-0.2, -0.15) is 0 Å². The number of amides is 6. The van der Waals surface area contributed by atoms with Crippen LogP contribution >= 0.6 is 0 Å². The van der Waals surface area contributed by atoms with Crippen molar-refractivity contribution in [1.29, 1.82) is 0 Å². The molecule has 4 heterocycles. The first kappa shape index (κ1) is 42.3. The number of aromatic nitrogens is 1. The maximum Gasteiger partial charge on any atom is 0.248 e. The second kappa shape index (κ2) is 20.4. The summed E-state index contributed by atoms with van der Waals surface area (Å²) in [5.74, 6) is -2.99. The standard InChI is InChI=1S/C43H52N8O8/c44-32-21-28-14-16-30(17-15-28)59-20-7-6-19-58-26-36(50-41(55)34(48-39(32)53)22-27-9-2-1-3-10-27)43(57)51-18-8-13-37(51)42(56)49-35(40(54)47-25-38(45)52)23-29-24-46-33-12-5-4-11-31(29)33/h1-5,9-12,14-17,24,32,34-37,46H,6-8,13,18-23,25-26,44H2,(H2,45,52)(H,47,54)(H,48,53)(H,49,56)(H,50,55)/t32-,34-,35-,36-,37-/m0/s1. The Morgan fingerprint density at radius 3 is 2.41 bits per heavy atom. The highest BCUT2D eigenvalue weighted by Crippen LogP contribution is 2.22. The van der Waals surface area contributed by atoms with E-state index < -0.39 is 72.2 Å². The molecular formula is C43H52N8O8. The molecule has 0 radical (unpaired) electrons. The van der Waals surface area contributed by atoms with Gasteiger partial charge in [-0.15, -0.1) is 0 Å². The quantitative estimate of drug-likeness (QED) is 0.112. The lowest BCUT2D eigenvalue weighted by Crippen LogP contribution is -2.60. The lowest BCUT2D eigenvalue weighted by Gasteiger charge is -2.30. The van der Waals surface area contributed by atoms with Crippen molar-refractivity contribution in [3.05, 3.63) is 102 Å². The van der Waals surface area contributed by atoms with E-state index >= 15 is 0 Å². The molecule has 7 rings (SSSR count). The fourth-order valence-corrected chi connectivity index (χ4v) is 7.35. The monoisotopic (exact) mass is 808 g/mol. The zero-order chi connectivity index (χ0) is 41.7. The van der Waals surface area contributed by atoms with Crippen LogP contribution in [0.5, 0.6) is 5.75 Å². The molecule has 1 fully saturated rings. The third-order valence-electron chi connectivity index (χ3n) is 10.5. The third kappa shape index (κ3) is 11.7. The minimum atomic E-state index is -1.23. The lowest BCUT2D eigenvalue weighted by atomic mass is 10.0. The molecule has 1 aromatic heterocycles. The number of primary amides is 1. The third-order valence-corrected chi connectivity index (χ3v) is 10.5. The Morgan fingerprint density at radius 2 is 1.63 bits per heavy atom. The molecule has 2 bridgehead atoms. The van der Waals surface area contributed by atoms with Crippen LogP contribution in [0.25, 0.3) is 10.9 Å². The summed E-state index contributed by atoms with van der Waals surface area (Å²) in [6, 6.07) is 18.6. The largest absolute Gasteiger partial charge is 0.494 e. The molecule has 0 aliphatic carbocycles. The molecule has 0 spiro atoms. The van der Waals surface area contributed by atoms with Gasteiger partial charge in [0.2, 0.25) is 35.4 Å². The number of fused-ring (bicyclic) bond motifs is 17. The molecule has 5 atom stereocenters. The number of rotatable bonds is 10. The zero-order valence-corrected chi connectivity index (χ0v) is 32.8. The predicted molar refractivity (Wildman–Crippen MR) is 219 cm³/mol. The zero-order valence-electron chi connectivity index (χ0n) is 32.8. The summed E-state index contributed by atoms with van der Waals surface area (Å²) in [5, 5.41) is 11.8. The Morgan fingerprint density at radius 1 is 0.881 bits per heavy atom. The van der Waals surface area contributed by atoms with Crippen molar-refractivity contribution in [2.75, 3.05) is 32.9 Å². The number of hydrogen-bond donors (Lipinski definition) is 7. The second-order valence-corrected chi connectivity index (χ2v) is 14.9. The number of hydrogen-bond acceptors (Lipinski definition) is 9. The van der Waals surface area contributed by atoms with E-state index in [2.05, 4.69) is 26.3 Å². The molecule has 9 N–H and O–H groups in total. The molecular weight excluding hydrogens is 757 g/mol. The summed E-state index contributed by atoms with van der Waals surface area (Å²) in [7, 11) is 0. The number of nitrogens with two attached hydrogens (primary N) is 2. The van der Waals surface area contributed by atoms with Crippen molar-refractivity contribution in [3.63, 3.8) is 0 Å². The number of carbonyl (C=O) groups excluding carboxylic acids is 6. The smallest absolute Gasteiger partial charge is 0.248 e. The van der Waals surface area contributed by atoms with Crippen molar-refractivity contribution < 1.29 is 38.2 Å². The Balaban J connectivity index is 1.21. The van der Waals surface area contributed by atoms with Gasteiger partial charge >= 0.3 is 0 Å². The average molecular weight is 809 g/mol. The van der Waals surface area contributed by atoms with Crippen LogP contribution in [0.2, 0.25) is 0 Å². The Hall–Kier alpha value is -6.26. The fraction of sp³-hybridized carbons (Fsp3) is 0.395. The van der Waals surface area contributed by atoms with Gasteiger partial charge in [0.15, 0.2) is 0 Å². The van der Waals surface area contributed by atoms with Gasteiger partial charge in [-0.25, -0.2) is 0 Å². The summed E-state index contributed by atoms with van der Waals surface area (Å²) >= 11 is 0. The maximum atomic E-state index is 14.5. The average Bonchev–Trinajstić information content (AvgIpc) is 3.90. The summed E-state index contributed by atoms with van der Waals surface area (Å²) < 4.78 is 11.8. The van der Waals surface area contributed by atoms with Crippen LogP contribution in [-0.4, -0.2) is 108 Å². The van der Waals surface area contributed by atoms with Gasteiger partial charge in [0, 0.05) is 43.1 Å². The summed E-state index contributed by atoms with van der Waals surface area (Å²) in [5.41, 5.74) is 14.8. The summed E-state index contributed by atoms with van der Waals surface area (Å²) in [4.78, 5) is 85.6. The van der Waals surface area contributed by atoms with Crippen LogP contribution in [0, 0.1) is 0 Å². The number of ether oxygens (including phenoxy) is 2. The van der Waals surface area contributed by atoms with Crippen molar-refractivity contribution in [3.8, 4) is 5.75 Å².